The highest BCUT2D eigenvalue weighted by Gasteiger charge is 2.11. The predicted octanol–water partition coefficient (Wildman–Crippen LogP) is 4.70. The third-order valence-corrected chi connectivity index (χ3v) is 6.33. The van der Waals surface area contributed by atoms with E-state index >= 15 is 0 Å². The summed E-state index contributed by atoms with van der Waals surface area (Å²) < 4.78 is 5.62. The Balaban J connectivity index is 1.19. The van der Waals surface area contributed by atoms with Crippen molar-refractivity contribution in [3.8, 4) is 5.75 Å². The van der Waals surface area contributed by atoms with Crippen molar-refractivity contribution in [2.75, 3.05) is 31.2 Å². The van der Waals surface area contributed by atoms with Crippen LogP contribution in [0.1, 0.15) is 24.0 Å². The van der Waals surface area contributed by atoms with Crippen LogP contribution in [0.4, 0.5) is 0 Å². The summed E-state index contributed by atoms with van der Waals surface area (Å²) in [6.07, 6.45) is 4.32. The quantitative estimate of drug-likeness (QED) is 0.278. The van der Waals surface area contributed by atoms with E-state index in [1.807, 2.05) is 36.4 Å². The summed E-state index contributed by atoms with van der Waals surface area (Å²) in [6.45, 7) is 4.02. The van der Waals surface area contributed by atoms with Crippen molar-refractivity contribution < 1.29 is 9.53 Å². The van der Waals surface area contributed by atoms with Gasteiger partial charge in [0.05, 0.1) is 18.6 Å². The van der Waals surface area contributed by atoms with Gasteiger partial charge in [-0.25, -0.2) is 5.43 Å². The van der Waals surface area contributed by atoms with Gasteiger partial charge in [-0.3, -0.25) is 9.69 Å². The monoisotopic (exact) mass is 447 g/mol. The number of rotatable bonds is 10. The lowest BCUT2D eigenvalue weighted by Gasteiger charge is -2.14. The zero-order valence-corrected chi connectivity index (χ0v) is 19.0. The number of hydrogen-bond donors (Lipinski definition) is 1. The first-order chi connectivity index (χ1) is 15.8. The van der Waals surface area contributed by atoms with Crippen LogP contribution in [0.2, 0.25) is 0 Å². The molecule has 4 rings (SSSR count). The lowest BCUT2D eigenvalue weighted by Crippen LogP contribution is -2.20. The van der Waals surface area contributed by atoms with Crippen LogP contribution in [0.3, 0.4) is 0 Å². The molecule has 1 N–H and O–H groups in total. The van der Waals surface area contributed by atoms with Gasteiger partial charge in [-0.1, -0.05) is 42.5 Å². The molecule has 0 spiro atoms. The number of thioether (sulfide) groups is 1. The molecule has 1 amide bonds. The minimum atomic E-state index is -0.113. The Labute approximate surface area is 193 Å². The van der Waals surface area contributed by atoms with Gasteiger partial charge in [-0.05, 0) is 72.1 Å². The molecule has 0 saturated carbocycles. The number of nitrogens with one attached hydrogen (secondary N) is 1. The minimum absolute atomic E-state index is 0.113. The van der Waals surface area contributed by atoms with Gasteiger partial charge in [0.25, 0.3) is 0 Å². The smallest absolute Gasteiger partial charge is 0.250 e. The van der Waals surface area contributed by atoms with E-state index in [0.29, 0.717) is 12.4 Å². The number of benzene rings is 3. The topological polar surface area (TPSA) is 53.9 Å². The summed E-state index contributed by atoms with van der Waals surface area (Å²) in [5, 5.41) is 6.52. The summed E-state index contributed by atoms with van der Waals surface area (Å²) >= 11 is 1.53. The first-order valence-electron chi connectivity index (χ1n) is 11.1. The third kappa shape index (κ3) is 6.84. The van der Waals surface area contributed by atoms with Crippen LogP contribution < -0.4 is 10.2 Å². The van der Waals surface area contributed by atoms with E-state index in [1.165, 1.54) is 54.0 Å². The molecule has 32 heavy (non-hydrogen) atoms. The zero-order chi connectivity index (χ0) is 22.0. The Morgan fingerprint density at radius 1 is 1.03 bits per heavy atom. The summed E-state index contributed by atoms with van der Waals surface area (Å²) in [4.78, 5) is 14.5. The van der Waals surface area contributed by atoms with Gasteiger partial charge in [-0.15, -0.1) is 11.8 Å². The number of nitrogens with zero attached hydrogens (tertiary/aromatic N) is 2. The van der Waals surface area contributed by atoms with Crippen LogP contribution in [-0.4, -0.2) is 48.2 Å². The van der Waals surface area contributed by atoms with Crippen LogP contribution in [0.5, 0.6) is 5.75 Å². The second-order valence-electron chi connectivity index (χ2n) is 7.93. The fourth-order valence-electron chi connectivity index (χ4n) is 3.80. The van der Waals surface area contributed by atoms with E-state index in [0.717, 1.165) is 23.6 Å². The molecule has 6 heteroatoms. The van der Waals surface area contributed by atoms with Gasteiger partial charge in [0, 0.05) is 12.3 Å². The van der Waals surface area contributed by atoms with Crippen LogP contribution in [0, 0.1) is 0 Å². The Hall–Kier alpha value is -2.83. The summed E-state index contributed by atoms with van der Waals surface area (Å²) in [5.74, 6) is 1.84. The van der Waals surface area contributed by atoms with Gasteiger partial charge in [0.2, 0.25) is 5.91 Å². The second kappa shape index (κ2) is 11.7. The normalized spacial score (nSPS) is 14.2. The number of carbonyl (C=O) groups excluding carboxylic acids is 1. The third-order valence-electron chi connectivity index (χ3n) is 5.41. The molecule has 0 aliphatic carbocycles. The van der Waals surface area contributed by atoms with Gasteiger partial charge < -0.3 is 4.74 Å². The maximum Gasteiger partial charge on any atom is 0.250 e. The van der Waals surface area contributed by atoms with Crippen molar-refractivity contribution in [3.05, 3.63) is 77.9 Å². The van der Waals surface area contributed by atoms with Gasteiger partial charge in [0.1, 0.15) is 5.75 Å². The SMILES string of the molecule is O=C(CSCCOc1ccccc1)N/N=C/c1ccc2cc(CN3CCCC3)ccc2c1. The van der Waals surface area contributed by atoms with Crippen molar-refractivity contribution in [1.82, 2.24) is 10.3 Å². The lowest BCUT2D eigenvalue weighted by atomic mass is 10.0. The number of hydrazone groups is 1. The van der Waals surface area contributed by atoms with Gasteiger partial charge in [0.15, 0.2) is 0 Å². The van der Waals surface area contributed by atoms with Gasteiger partial charge >= 0.3 is 0 Å². The largest absolute Gasteiger partial charge is 0.493 e. The molecule has 3 aromatic rings. The zero-order valence-electron chi connectivity index (χ0n) is 18.2. The summed E-state index contributed by atoms with van der Waals surface area (Å²) in [7, 11) is 0. The number of likely N-dealkylation sites (tertiary alicyclic amines) is 1. The Morgan fingerprint density at radius 3 is 2.66 bits per heavy atom. The van der Waals surface area contributed by atoms with Crippen molar-refractivity contribution in [1.29, 1.82) is 0 Å². The van der Waals surface area contributed by atoms with E-state index in [2.05, 4.69) is 45.8 Å². The van der Waals surface area contributed by atoms with E-state index in [4.69, 9.17) is 4.74 Å². The highest BCUT2D eigenvalue weighted by atomic mass is 32.2. The Morgan fingerprint density at radius 2 is 1.81 bits per heavy atom. The average molecular weight is 448 g/mol. The highest BCUT2D eigenvalue weighted by Crippen LogP contribution is 2.20. The standard InChI is InChI=1S/C26H29N3O2S/c30-26(20-32-15-14-31-25-6-2-1-3-7-25)28-27-18-21-8-10-24-17-22(9-11-23(24)16-21)19-29-12-4-5-13-29/h1-3,6-11,16-18H,4-5,12-15,19-20H2,(H,28,30)/b27-18+. The molecule has 0 atom stereocenters. The number of para-hydroxylation sites is 1. The van der Waals surface area contributed by atoms with Crippen molar-refractivity contribution in [2.45, 2.75) is 19.4 Å². The molecule has 1 aliphatic heterocycles. The van der Waals surface area contributed by atoms with E-state index in [1.54, 1.807) is 6.21 Å². The number of ether oxygens (including phenoxy) is 1. The lowest BCUT2D eigenvalue weighted by molar-refractivity contribution is -0.118. The van der Waals surface area contributed by atoms with E-state index in [9.17, 15) is 4.79 Å². The number of carbonyl (C=O) groups is 1. The molecule has 3 aromatic carbocycles. The Bertz CT molecular complexity index is 1050. The molecule has 1 fully saturated rings. The van der Waals surface area contributed by atoms with Crippen LogP contribution >= 0.6 is 11.8 Å². The highest BCUT2D eigenvalue weighted by molar-refractivity contribution is 7.99. The molecule has 1 aliphatic rings. The van der Waals surface area contributed by atoms with E-state index < -0.39 is 0 Å². The van der Waals surface area contributed by atoms with Crippen LogP contribution in [0.25, 0.3) is 10.8 Å². The molecular weight excluding hydrogens is 418 g/mol. The summed E-state index contributed by atoms with van der Waals surface area (Å²) in [6, 6.07) is 22.6. The molecule has 1 saturated heterocycles. The van der Waals surface area contributed by atoms with Crippen LogP contribution in [-0.2, 0) is 11.3 Å². The predicted molar refractivity (Wildman–Crippen MR) is 133 cm³/mol. The number of hydrogen-bond acceptors (Lipinski definition) is 5. The molecule has 5 nitrogen and oxygen atoms in total. The number of fused-ring (bicyclic) bond motifs is 1. The van der Waals surface area contributed by atoms with E-state index in [-0.39, 0.29) is 5.91 Å². The molecule has 1 heterocycles. The maximum absolute atomic E-state index is 12.0. The Kier molecular flexibility index (Phi) is 8.17. The van der Waals surface area contributed by atoms with Crippen LogP contribution in [0.15, 0.2) is 71.8 Å². The second-order valence-corrected chi connectivity index (χ2v) is 9.04. The molecule has 166 valence electrons. The van der Waals surface area contributed by atoms with Crippen molar-refractivity contribution >= 4 is 34.7 Å². The van der Waals surface area contributed by atoms with Gasteiger partial charge in [-0.2, -0.15) is 5.10 Å². The molecule has 0 aromatic heterocycles. The fraction of sp³-hybridized carbons (Fsp3) is 0.308. The average Bonchev–Trinajstić information content (AvgIpc) is 3.33. The molecular formula is C26H29N3O2S. The molecule has 0 bridgehead atoms. The molecule has 0 unspecified atom stereocenters. The first kappa shape index (κ1) is 22.4. The maximum atomic E-state index is 12.0. The fourth-order valence-corrected chi connectivity index (χ4v) is 4.40. The summed E-state index contributed by atoms with van der Waals surface area (Å²) in [5.41, 5.74) is 4.93. The minimum Gasteiger partial charge on any atom is -0.493 e. The van der Waals surface area contributed by atoms with Crippen molar-refractivity contribution in [2.24, 2.45) is 5.10 Å². The number of amides is 1. The van der Waals surface area contributed by atoms with Crippen molar-refractivity contribution in [3.63, 3.8) is 0 Å². The first-order valence-corrected chi connectivity index (χ1v) is 12.2. The molecule has 0 radical (unpaired) electrons.